The van der Waals surface area contributed by atoms with Crippen LogP contribution in [-0.4, -0.2) is 265 Å². The number of aliphatic carboxylic acids is 6. The normalized spacial score (nSPS) is 26.5. The van der Waals surface area contributed by atoms with Gasteiger partial charge in [-0.15, -0.1) is 13.4 Å². The molecule has 1 spiro atoms. The van der Waals surface area contributed by atoms with Crippen molar-refractivity contribution in [2.24, 2.45) is 0 Å². The number of hydrogen-bond acceptors (Lipinski definition) is 14. The number of piperidine rings is 1. The number of aromatic nitrogens is 3. The van der Waals surface area contributed by atoms with E-state index in [-0.39, 0.29) is 57.9 Å². The van der Waals surface area contributed by atoms with Gasteiger partial charge in [0.25, 0.3) is 0 Å². The van der Waals surface area contributed by atoms with Crippen molar-refractivity contribution in [3.05, 3.63) is 41.2 Å². The van der Waals surface area contributed by atoms with E-state index in [1.807, 2.05) is 0 Å². The van der Waals surface area contributed by atoms with E-state index in [2.05, 4.69) is 62.0 Å². The first-order valence-corrected chi connectivity index (χ1v) is 31.3. The summed E-state index contributed by atoms with van der Waals surface area (Å²) in [6, 6.07) is 4.51. The molecule has 8 atom stereocenters. The van der Waals surface area contributed by atoms with Crippen LogP contribution in [0.1, 0.15) is 126 Å². The average Bonchev–Trinajstić information content (AvgIpc) is 1.45. The Kier molecular flexibility index (Phi) is 21.8. The number of hydrogen-bond donors (Lipinski definition) is 9. The number of likely N-dealkylation sites (N-methyl/N-ethyl adjacent to an activating group) is 1. The fourth-order valence-electron chi connectivity index (χ4n) is 16.1. The lowest BCUT2D eigenvalue weighted by atomic mass is 10.0. The summed E-state index contributed by atoms with van der Waals surface area (Å²) in [5.41, 5.74) is 2.10. The number of carboxylic acids is 6. The topological polar surface area (TPSA) is 342 Å². The van der Waals surface area contributed by atoms with Crippen LogP contribution < -0.4 is 25.8 Å². The molecule has 0 bridgehead atoms. The van der Waals surface area contributed by atoms with E-state index >= 15 is 0 Å². The fraction of sp³-hybridized carbons (Fsp3) is 0.712. The first kappa shape index (κ1) is 65.2. The summed E-state index contributed by atoms with van der Waals surface area (Å²) in [5.74, 6) is -5.65. The maximum atomic E-state index is 13.0. The molecule has 1 aromatic heterocycles. The SMILES string of the molecule is C[N+]12CC[N+]3(CC(=O)O)CC[N+]4(CC(=O)O)CC[N+](CC(=O)O)(C(Cc5ccc(Cc6nc(N7CCCCC7)nc(N7CCN(CCCCCCCCCCC(=O)NCCCC[C@H](NC(=O)N[C@@H](CCC(=O)O)C(=O)O)C(=O)O)CC7)n6)cc5)C1)C234. The summed E-state index contributed by atoms with van der Waals surface area (Å²) in [7, 11) is 2.13. The molecule has 6 aliphatic rings. The molecule has 0 aliphatic carbocycles. The first-order chi connectivity index (χ1) is 41.1. The molecule has 86 heavy (non-hydrogen) atoms. The second-order valence-corrected chi connectivity index (χ2v) is 25.3. The van der Waals surface area contributed by atoms with Crippen molar-refractivity contribution < 1.29 is 86.9 Å². The number of anilines is 2. The zero-order chi connectivity index (χ0) is 61.7. The van der Waals surface area contributed by atoms with Gasteiger partial charge in [-0.3, -0.25) is 14.5 Å². The predicted octanol–water partition coefficient (Wildman–Crippen LogP) is 2.17. The maximum Gasteiger partial charge on any atom is 0.482 e. The highest BCUT2D eigenvalue weighted by atomic mass is 16.4. The number of unbranched alkanes of at least 4 members (excludes halogenated alkanes) is 8. The molecule has 6 unspecified atom stereocenters. The largest absolute Gasteiger partial charge is 0.482 e. The van der Waals surface area contributed by atoms with Gasteiger partial charge in [-0.1, -0.05) is 62.8 Å². The number of nitrogens with one attached hydrogen (secondary N) is 3. The van der Waals surface area contributed by atoms with Crippen molar-refractivity contribution in [3.8, 4) is 0 Å². The molecule has 6 saturated heterocycles. The molecule has 27 nitrogen and oxygen atoms in total. The number of piperazine rings is 1. The molecule has 474 valence electrons. The summed E-state index contributed by atoms with van der Waals surface area (Å²) in [4.78, 5) is 119. The fourth-order valence-corrected chi connectivity index (χ4v) is 16.1. The Labute approximate surface area is 502 Å². The highest BCUT2D eigenvalue weighted by Gasteiger charge is 3.00. The number of benzene rings is 1. The van der Waals surface area contributed by atoms with Crippen LogP contribution in [0.3, 0.4) is 0 Å². The highest BCUT2D eigenvalue weighted by Crippen LogP contribution is 2.64. The minimum atomic E-state index is -1.48. The van der Waals surface area contributed by atoms with E-state index in [1.54, 1.807) is 0 Å². The van der Waals surface area contributed by atoms with Crippen LogP contribution in [0.25, 0.3) is 0 Å². The van der Waals surface area contributed by atoms with E-state index in [0.717, 1.165) is 127 Å². The van der Waals surface area contributed by atoms with Gasteiger partial charge in [0, 0.05) is 71.5 Å². The molecule has 7 heterocycles. The molecule has 0 radical (unpaired) electrons. The van der Waals surface area contributed by atoms with Crippen LogP contribution in [0.2, 0.25) is 0 Å². The number of nitrogens with zero attached hydrogens (tertiary/aromatic N) is 10. The Balaban J connectivity index is 0.747. The van der Waals surface area contributed by atoms with E-state index in [4.69, 9.17) is 20.1 Å². The molecule has 3 amide bonds. The lowest BCUT2D eigenvalue weighted by Crippen LogP contribution is -2.85. The summed E-state index contributed by atoms with van der Waals surface area (Å²) >= 11 is 0. The van der Waals surface area contributed by atoms with Gasteiger partial charge >= 0.3 is 47.8 Å². The number of carbonyl (C=O) groups is 8. The molecule has 27 heteroatoms. The standard InChI is InChI=1S/C59H89N13O14/c1-69-31-32-70(40-51(76)77)33-34-71(41-52(78)79)35-36-72(42-53(80)81,59(69,70)71)45(39-69)37-43-17-19-44(20-18-43)38-48-63-56(67-25-13-8-14-26-67)65-57(64-48)68-29-27-66(28-30-68)24-12-7-5-3-2-4-6-9-16-49(73)60-23-11-10-15-46(54(82)83)61-58(86)62-47(55(84)85)21-22-50(74)75/h17-20,45-47H,2-16,21-42H2,1H3,(H5-4,60,61,62,73,74,75,76,77,78,79,80,81,82,83,84,85,86)/p+4/t45?,46-,47-,59?,69?,70?,71?,72?/m0/s1. The number of quaternary nitrogens is 4. The summed E-state index contributed by atoms with van der Waals surface area (Å²) in [5, 5.41) is 66.1. The molecular formula is C59H93N13O14+4. The van der Waals surface area contributed by atoms with Gasteiger partial charge in [0.1, 0.15) is 63.7 Å². The van der Waals surface area contributed by atoms with Crippen LogP contribution in [0.5, 0.6) is 0 Å². The number of amides is 3. The zero-order valence-electron chi connectivity index (χ0n) is 50.1. The van der Waals surface area contributed by atoms with Crippen LogP contribution in [0.4, 0.5) is 16.7 Å². The minimum Gasteiger partial charge on any atom is -0.481 e. The van der Waals surface area contributed by atoms with E-state index < -0.39 is 66.3 Å². The van der Waals surface area contributed by atoms with Gasteiger partial charge in [0.05, 0.1) is 7.05 Å². The third-order valence-corrected chi connectivity index (χ3v) is 19.6. The molecule has 6 aliphatic heterocycles. The van der Waals surface area contributed by atoms with Gasteiger partial charge in [-0.25, -0.2) is 28.8 Å². The van der Waals surface area contributed by atoms with Crippen LogP contribution in [0.15, 0.2) is 24.3 Å². The van der Waals surface area contributed by atoms with Crippen molar-refractivity contribution in [1.29, 1.82) is 0 Å². The molecule has 9 N–H and O–H groups in total. The lowest BCUT2D eigenvalue weighted by molar-refractivity contribution is -1.36. The Morgan fingerprint density at radius 3 is 1.69 bits per heavy atom. The molecule has 8 rings (SSSR count). The average molecular weight is 1210 g/mol. The predicted molar refractivity (Wildman–Crippen MR) is 312 cm³/mol. The Morgan fingerprint density at radius 1 is 0.570 bits per heavy atom. The lowest BCUT2D eigenvalue weighted by Gasteiger charge is -2.49. The number of urea groups is 1. The Morgan fingerprint density at radius 2 is 1.10 bits per heavy atom. The van der Waals surface area contributed by atoms with E-state index in [1.165, 1.54) is 6.42 Å². The quantitative estimate of drug-likeness (QED) is 0.0353. The van der Waals surface area contributed by atoms with Crippen molar-refractivity contribution >= 4 is 59.7 Å². The van der Waals surface area contributed by atoms with Gasteiger partial charge in [-0.2, -0.15) is 19.4 Å². The number of carboxylic acid groups (broad SMARTS) is 6. The molecule has 1 aromatic carbocycles. The molecular weight excluding hydrogens is 1110 g/mol. The molecule has 6 fully saturated rings. The van der Waals surface area contributed by atoms with Crippen molar-refractivity contribution in [2.75, 3.05) is 135 Å². The van der Waals surface area contributed by atoms with Crippen molar-refractivity contribution in [1.82, 2.24) is 35.8 Å². The van der Waals surface area contributed by atoms with Crippen molar-refractivity contribution in [3.63, 3.8) is 0 Å². The minimum absolute atomic E-state index is 0.0611. The second kappa shape index (κ2) is 28.8. The third-order valence-electron chi connectivity index (χ3n) is 19.6. The van der Waals surface area contributed by atoms with Crippen molar-refractivity contribution in [2.45, 2.75) is 146 Å². The Bertz CT molecular complexity index is 2720. The smallest absolute Gasteiger partial charge is 0.481 e. The first-order valence-electron chi connectivity index (χ1n) is 31.3. The maximum absolute atomic E-state index is 13.0. The summed E-state index contributed by atoms with van der Waals surface area (Å²) in [6.45, 7) is 10.1. The van der Waals surface area contributed by atoms with Crippen LogP contribution >= 0.6 is 0 Å². The number of rotatable bonds is 35. The summed E-state index contributed by atoms with van der Waals surface area (Å²) < 4.78 is 1.08. The van der Waals surface area contributed by atoms with Crippen LogP contribution in [0, 0.1) is 0 Å². The number of carbonyl (C=O) groups excluding carboxylic acids is 2. The highest BCUT2D eigenvalue weighted by molar-refractivity contribution is 5.86. The third kappa shape index (κ3) is 14.8. The van der Waals surface area contributed by atoms with Gasteiger partial charge in [-0.05, 0) is 75.5 Å². The monoisotopic (exact) mass is 1210 g/mol. The second-order valence-electron chi connectivity index (χ2n) is 25.3. The van der Waals surface area contributed by atoms with E-state index in [9.17, 15) is 63.9 Å². The molecule has 0 saturated carbocycles. The van der Waals surface area contributed by atoms with Gasteiger partial charge in [0.2, 0.25) is 17.8 Å². The van der Waals surface area contributed by atoms with Gasteiger partial charge < -0.3 is 56.4 Å². The van der Waals surface area contributed by atoms with Gasteiger partial charge in [0.15, 0.2) is 25.7 Å². The molecule has 2 aromatic rings. The van der Waals surface area contributed by atoms with Crippen LogP contribution in [-0.2, 0) is 46.4 Å². The Hall–Kier alpha value is -6.81. The summed E-state index contributed by atoms with van der Waals surface area (Å²) in [6.07, 6.45) is 13.5. The van der Waals surface area contributed by atoms with E-state index in [0.29, 0.717) is 101 Å². The zero-order valence-corrected chi connectivity index (χ0v) is 50.1.